The Morgan fingerprint density at radius 1 is 0.381 bits per heavy atom. The molecule has 0 aliphatic carbocycles. The number of hydrogen-bond acceptors (Lipinski definition) is 2. The van der Waals surface area contributed by atoms with Gasteiger partial charge in [0.2, 0.25) is 0 Å². The summed E-state index contributed by atoms with van der Waals surface area (Å²) in [6, 6.07) is 54.8. The molecular formula is C40H34O2. The topological polar surface area (TPSA) is 18.5 Å². The average Bonchev–Trinajstić information content (AvgIpc) is 3.08. The van der Waals surface area contributed by atoms with E-state index in [1.54, 1.807) is 0 Å². The van der Waals surface area contributed by atoms with Gasteiger partial charge in [0.05, 0.1) is 0 Å². The van der Waals surface area contributed by atoms with Crippen molar-refractivity contribution in [2.45, 2.75) is 26.1 Å². The average molecular weight is 547 g/mol. The van der Waals surface area contributed by atoms with Crippen molar-refractivity contribution in [2.75, 3.05) is 0 Å². The van der Waals surface area contributed by atoms with Gasteiger partial charge >= 0.3 is 0 Å². The molecule has 0 fully saturated rings. The van der Waals surface area contributed by atoms with Crippen LogP contribution >= 0.6 is 0 Å². The van der Waals surface area contributed by atoms with Gasteiger partial charge in [0.25, 0.3) is 0 Å². The fraction of sp³-hybridized carbons (Fsp3) is 0.100. The van der Waals surface area contributed by atoms with E-state index in [2.05, 4.69) is 128 Å². The molecule has 2 heteroatoms. The Bertz CT molecular complexity index is 1540. The van der Waals surface area contributed by atoms with Crippen molar-refractivity contribution in [3.05, 3.63) is 180 Å². The van der Waals surface area contributed by atoms with Crippen molar-refractivity contribution in [3.8, 4) is 33.8 Å². The van der Waals surface area contributed by atoms with E-state index >= 15 is 0 Å². The smallest absolute Gasteiger partial charge is 0.119 e. The maximum atomic E-state index is 6.05. The van der Waals surface area contributed by atoms with Crippen LogP contribution in [0.4, 0.5) is 0 Å². The van der Waals surface area contributed by atoms with Crippen molar-refractivity contribution >= 4 is 0 Å². The molecule has 0 aliphatic rings. The molecule has 6 aromatic carbocycles. The highest BCUT2D eigenvalue weighted by molar-refractivity contribution is 5.64. The number of hydrogen-bond donors (Lipinski definition) is 0. The van der Waals surface area contributed by atoms with Crippen LogP contribution in [0, 0.1) is 0 Å². The van der Waals surface area contributed by atoms with Crippen LogP contribution in [0.2, 0.25) is 0 Å². The van der Waals surface area contributed by atoms with Crippen LogP contribution in [0.25, 0.3) is 22.3 Å². The molecule has 0 saturated heterocycles. The Morgan fingerprint density at radius 3 is 1.07 bits per heavy atom. The van der Waals surface area contributed by atoms with Gasteiger partial charge < -0.3 is 9.47 Å². The maximum absolute atomic E-state index is 6.05. The van der Waals surface area contributed by atoms with E-state index in [4.69, 9.17) is 9.47 Å². The highest BCUT2D eigenvalue weighted by Crippen LogP contribution is 2.27. The van der Waals surface area contributed by atoms with E-state index in [1.807, 2.05) is 36.4 Å². The molecule has 6 rings (SSSR count). The molecule has 0 aromatic heterocycles. The van der Waals surface area contributed by atoms with Crippen LogP contribution in [0.1, 0.15) is 35.1 Å². The van der Waals surface area contributed by atoms with Crippen molar-refractivity contribution < 1.29 is 9.47 Å². The van der Waals surface area contributed by atoms with Gasteiger partial charge in [-0.3, -0.25) is 0 Å². The molecule has 0 unspecified atom stereocenters. The van der Waals surface area contributed by atoms with Gasteiger partial charge in [-0.15, -0.1) is 0 Å². The molecule has 0 amide bonds. The van der Waals surface area contributed by atoms with E-state index in [0.717, 1.165) is 22.6 Å². The van der Waals surface area contributed by atoms with Gasteiger partial charge in [-0.2, -0.15) is 0 Å². The van der Waals surface area contributed by atoms with E-state index in [0.29, 0.717) is 19.1 Å². The second kappa shape index (κ2) is 13.1. The SMILES string of the molecule is CC(c1ccc(COc2ccc(-c3ccccc3)cc2)cc1)c1ccc(COc2ccc(-c3ccccc3)cc2)cc1. The lowest BCUT2D eigenvalue weighted by Crippen LogP contribution is -2.00. The van der Waals surface area contributed by atoms with Crippen LogP contribution in [-0.2, 0) is 13.2 Å². The third kappa shape index (κ3) is 6.79. The lowest BCUT2D eigenvalue weighted by Gasteiger charge is -2.15. The second-order valence-corrected chi connectivity index (χ2v) is 10.6. The number of rotatable bonds is 10. The third-order valence-electron chi connectivity index (χ3n) is 7.69. The van der Waals surface area contributed by atoms with Crippen LogP contribution in [-0.4, -0.2) is 0 Å². The first-order valence-electron chi connectivity index (χ1n) is 14.5. The summed E-state index contributed by atoms with van der Waals surface area (Å²) >= 11 is 0. The molecule has 0 heterocycles. The van der Waals surface area contributed by atoms with Crippen molar-refractivity contribution in [2.24, 2.45) is 0 Å². The number of benzene rings is 6. The minimum Gasteiger partial charge on any atom is -0.489 e. The maximum Gasteiger partial charge on any atom is 0.119 e. The Labute approximate surface area is 248 Å². The van der Waals surface area contributed by atoms with Gasteiger partial charge in [-0.25, -0.2) is 0 Å². The molecule has 2 nitrogen and oxygen atoms in total. The van der Waals surface area contributed by atoms with Gasteiger partial charge in [-0.1, -0.05) is 140 Å². The van der Waals surface area contributed by atoms with Gasteiger partial charge in [-0.05, 0) is 68.8 Å². The predicted octanol–water partition coefficient (Wildman–Crippen LogP) is 10.3. The first-order chi connectivity index (χ1) is 20.7. The largest absolute Gasteiger partial charge is 0.489 e. The fourth-order valence-corrected chi connectivity index (χ4v) is 5.08. The zero-order valence-electron chi connectivity index (χ0n) is 23.8. The lowest BCUT2D eigenvalue weighted by molar-refractivity contribution is 0.306. The van der Waals surface area contributed by atoms with Gasteiger partial charge in [0.15, 0.2) is 0 Å². The quantitative estimate of drug-likeness (QED) is 0.170. The fourth-order valence-electron chi connectivity index (χ4n) is 5.08. The van der Waals surface area contributed by atoms with Gasteiger partial charge in [0, 0.05) is 5.92 Å². The van der Waals surface area contributed by atoms with Crippen LogP contribution < -0.4 is 9.47 Å². The highest BCUT2D eigenvalue weighted by Gasteiger charge is 2.09. The molecule has 0 atom stereocenters. The van der Waals surface area contributed by atoms with E-state index in [-0.39, 0.29) is 0 Å². The van der Waals surface area contributed by atoms with E-state index in [9.17, 15) is 0 Å². The summed E-state index contributed by atoms with van der Waals surface area (Å²) in [5.41, 5.74) is 9.68. The Morgan fingerprint density at radius 2 is 0.714 bits per heavy atom. The molecule has 42 heavy (non-hydrogen) atoms. The molecular weight excluding hydrogens is 512 g/mol. The molecule has 0 aliphatic heterocycles. The third-order valence-corrected chi connectivity index (χ3v) is 7.69. The highest BCUT2D eigenvalue weighted by atomic mass is 16.5. The summed E-state index contributed by atoms with van der Waals surface area (Å²) in [5.74, 6) is 2.05. The summed E-state index contributed by atoms with van der Waals surface area (Å²) in [4.78, 5) is 0. The molecule has 0 spiro atoms. The lowest BCUT2D eigenvalue weighted by atomic mass is 9.92. The van der Waals surface area contributed by atoms with E-state index in [1.165, 1.54) is 33.4 Å². The van der Waals surface area contributed by atoms with Crippen molar-refractivity contribution in [3.63, 3.8) is 0 Å². The first-order valence-corrected chi connectivity index (χ1v) is 14.5. The normalized spacial score (nSPS) is 10.9. The second-order valence-electron chi connectivity index (χ2n) is 10.6. The van der Waals surface area contributed by atoms with Gasteiger partial charge in [0.1, 0.15) is 24.7 Å². The summed E-state index contributed by atoms with van der Waals surface area (Å²) < 4.78 is 12.1. The molecule has 206 valence electrons. The van der Waals surface area contributed by atoms with Crippen LogP contribution in [0.5, 0.6) is 11.5 Å². The standard InChI is InChI=1S/C40H34O2/c1-30(33-16-12-31(13-17-33)28-41-39-24-20-37(21-25-39)35-8-4-2-5-9-35)34-18-14-32(15-19-34)29-42-40-26-22-38(23-27-40)36-10-6-3-7-11-36/h2-27,30H,28-29H2,1H3. The Hall–Kier alpha value is -5.08. The number of ether oxygens (including phenoxy) is 2. The first kappa shape index (κ1) is 27.1. The summed E-state index contributed by atoms with van der Waals surface area (Å²) in [5, 5.41) is 0. The Balaban J connectivity index is 0.998. The molecule has 0 N–H and O–H groups in total. The van der Waals surface area contributed by atoms with Crippen LogP contribution in [0.15, 0.2) is 158 Å². The monoisotopic (exact) mass is 546 g/mol. The predicted molar refractivity (Wildman–Crippen MR) is 173 cm³/mol. The minimum atomic E-state index is 0.297. The molecule has 0 bridgehead atoms. The molecule has 0 radical (unpaired) electrons. The molecule has 6 aromatic rings. The molecule has 0 saturated carbocycles. The summed E-state index contributed by atoms with van der Waals surface area (Å²) in [6.45, 7) is 3.34. The zero-order chi connectivity index (χ0) is 28.6. The van der Waals surface area contributed by atoms with Crippen molar-refractivity contribution in [1.29, 1.82) is 0 Å². The summed E-state index contributed by atoms with van der Waals surface area (Å²) in [6.07, 6.45) is 0. The Kier molecular flexibility index (Phi) is 8.43. The zero-order valence-corrected chi connectivity index (χ0v) is 23.8. The van der Waals surface area contributed by atoms with Crippen molar-refractivity contribution in [1.82, 2.24) is 0 Å². The van der Waals surface area contributed by atoms with Crippen LogP contribution in [0.3, 0.4) is 0 Å². The summed E-state index contributed by atoms with van der Waals surface area (Å²) in [7, 11) is 0. The minimum absolute atomic E-state index is 0.297. The van der Waals surface area contributed by atoms with E-state index < -0.39 is 0 Å².